The molecule has 0 aliphatic carbocycles. The van der Waals surface area contributed by atoms with E-state index < -0.39 is 0 Å². The molecule has 19 heavy (non-hydrogen) atoms. The van der Waals surface area contributed by atoms with Crippen molar-refractivity contribution in [3.63, 3.8) is 0 Å². The number of halogens is 1. The Morgan fingerprint density at radius 2 is 2.21 bits per heavy atom. The molecule has 0 aliphatic heterocycles. The molecule has 1 aromatic rings. The number of ether oxygens (including phenoxy) is 2. The Hall–Kier alpha value is -0.920. The minimum Gasteiger partial charge on any atom is -0.384 e. The Labute approximate surface area is 121 Å². The van der Waals surface area contributed by atoms with Crippen LogP contribution in [-0.2, 0) is 16.0 Å². The smallest absolute Gasteiger partial charge is 0.283 e. The molecule has 1 rings (SSSR count). The molecule has 0 spiro atoms. The highest BCUT2D eigenvalue weighted by Crippen LogP contribution is 2.16. The van der Waals surface area contributed by atoms with Gasteiger partial charge < -0.3 is 14.8 Å². The first-order chi connectivity index (χ1) is 9.10. The van der Waals surface area contributed by atoms with Crippen LogP contribution in [0.5, 0.6) is 0 Å². The Bertz CT molecular complexity index is 450. The molecular weight excluding hydrogens is 314 g/mol. The van der Waals surface area contributed by atoms with Gasteiger partial charge in [-0.3, -0.25) is 4.79 Å². The molecule has 7 heteroatoms. The van der Waals surface area contributed by atoms with Crippen LogP contribution in [-0.4, -0.2) is 43.8 Å². The zero-order chi connectivity index (χ0) is 14.3. The second-order valence-electron chi connectivity index (χ2n) is 4.33. The van der Waals surface area contributed by atoms with Gasteiger partial charge in [0.15, 0.2) is 0 Å². The molecule has 108 valence electrons. The van der Waals surface area contributed by atoms with Crippen LogP contribution in [0.3, 0.4) is 0 Å². The topological polar surface area (TPSA) is 65.4 Å². The molecule has 0 aromatic carbocycles. The number of nitrogens with one attached hydrogen (secondary N) is 1. The monoisotopic (exact) mass is 333 g/mol. The first-order valence-corrected chi connectivity index (χ1v) is 6.86. The first-order valence-electron chi connectivity index (χ1n) is 6.07. The standard InChI is InChI=1S/C12H20BrN3O3/c1-9(8-19-3)6-14-10-7-15-16(4-5-18-2)12(17)11(10)13/h7,9,14H,4-6,8H2,1-3H3. The molecule has 0 saturated carbocycles. The highest BCUT2D eigenvalue weighted by atomic mass is 79.9. The van der Waals surface area contributed by atoms with Crippen LogP contribution < -0.4 is 10.9 Å². The van der Waals surface area contributed by atoms with Crippen molar-refractivity contribution < 1.29 is 9.47 Å². The quantitative estimate of drug-likeness (QED) is 0.777. The average molecular weight is 334 g/mol. The van der Waals surface area contributed by atoms with Gasteiger partial charge in [-0.05, 0) is 21.8 Å². The van der Waals surface area contributed by atoms with Crippen LogP contribution in [0, 0.1) is 5.92 Å². The van der Waals surface area contributed by atoms with Crippen LogP contribution in [0.25, 0.3) is 0 Å². The molecule has 0 fully saturated rings. The highest BCUT2D eigenvalue weighted by molar-refractivity contribution is 9.10. The van der Waals surface area contributed by atoms with Crippen molar-refractivity contribution in [3.8, 4) is 0 Å². The van der Waals surface area contributed by atoms with E-state index in [1.807, 2.05) is 0 Å². The fourth-order valence-electron chi connectivity index (χ4n) is 1.55. The summed E-state index contributed by atoms with van der Waals surface area (Å²) >= 11 is 3.30. The van der Waals surface area contributed by atoms with Crippen LogP contribution >= 0.6 is 15.9 Å². The highest BCUT2D eigenvalue weighted by Gasteiger charge is 2.09. The van der Waals surface area contributed by atoms with Gasteiger partial charge in [0.25, 0.3) is 5.56 Å². The Morgan fingerprint density at radius 1 is 1.47 bits per heavy atom. The normalized spacial score (nSPS) is 12.4. The lowest BCUT2D eigenvalue weighted by Crippen LogP contribution is -2.27. The lowest BCUT2D eigenvalue weighted by atomic mass is 10.2. The van der Waals surface area contributed by atoms with Crippen molar-refractivity contribution in [1.29, 1.82) is 0 Å². The van der Waals surface area contributed by atoms with Gasteiger partial charge in [0.05, 0.1) is 31.6 Å². The zero-order valence-corrected chi connectivity index (χ0v) is 13.1. The average Bonchev–Trinajstić information content (AvgIpc) is 2.40. The van der Waals surface area contributed by atoms with Gasteiger partial charge in [0.2, 0.25) is 0 Å². The van der Waals surface area contributed by atoms with Crippen molar-refractivity contribution in [2.24, 2.45) is 5.92 Å². The SMILES string of the molecule is COCCn1ncc(NCC(C)COC)c(Br)c1=O. The van der Waals surface area contributed by atoms with Crippen molar-refractivity contribution in [1.82, 2.24) is 9.78 Å². The molecule has 0 saturated heterocycles. The van der Waals surface area contributed by atoms with Gasteiger partial charge in [-0.25, -0.2) is 4.68 Å². The first kappa shape index (κ1) is 16.1. The van der Waals surface area contributed by atoms with Gasteiger partial charge >= 0.3 is 0 Å². The fraction of sp³-hybridized carbons (Fsp3) is 0.667. The molecule has 1 aromatic heterocycles. The number of rotatable bonds is 8. The Morgan fingerprint density at radius 3 is 2.84 bits per heavy atom. The predicted molar refractivity (Wildman–Crippen MR) is 77.6 cm³/mol. The third-order valence-corrected chi connectivity index (χ3v) is 3.35. The van der Waals surface area contributed by atoms with Gasteiger partial charge in [-0.15, -0.1) is 0 Å². The van der Waals surface area contributed by atoms with Crippen LogP contribution in [0.15, 0.2) is 15.5 Å². The third-order valence-electron chi connectivity index (χ3n) is 2.58. The second kappa shape index (κ2) is 8.29. The van der Waals surface area contributed by atoms with Gasteiger partial charge in [0, 0.05) is 20.8 Å². The van der Waals surface area contributed by atoms with E-state index in [1.54, 1.807) is 20.4 Å². The lowest BCUT2D eigenvalue weighted by Gasteiger charge is -2.14. The summed E-state index contributed by atoms with van der Waals surface area (Å²) in [4.78, 5) is 12.0. The van der Waals surface area contributed by atoms with E-state index in [9.17, 15) is 4.79 Å². The molecule has 0 bridgehead atoms. The molecule has 0 amide bonds. The Balaban J connectivity index is 2.71. The number of methoxy groups -OCH3 is 2. The van der Waals surface area contributed by atoms with E-state index in [2.05, 4.69) is 33.3 Å². The van der Waals surface area contributed by atoms with Crippen LogP contribution in [0.1, 0.15) is 6.92 Å². The van der Waals surface area contributed by atoms with Crippen molar-refractivity contribution in [3.05, 3.63) is 21.0 Å². The summed E-state index contributed by atoms with van der Waals surface area (Å²) in [7, 11) is 3.26. The molecule has 6 nitrogen and oxygen atoms in total. The van der Waals surface area contributed by atoms with Crippen LogP contribution in [0.4, 0.5) is 5.69 Å². The number of nitrogens with zero attached hydrogens (tertiary/aromatic N) is 2. The summed E-state index contributed by atoms with van der Waals surface area (Å²) in [6, 6.07) is 0. The minimum atomic E-state index is -0.165. The number of hydrogen-bond donors (Lipinski definition) is 1. The van der Waals surface area contributed by atoms with Crippen LogP contribution in [0.2, 0.25) is 0 Å². The van der Waals surface area contributed by atoms with E-state index in [1.165, 1.54) is 4.68 Å². The molecule has 0 radical (unpaired) electrons. The summed E-state index contributed by atoms with van der Waals surface area (Å²) < 4.78 is 11.9. The third kappa shape index (κ3) is 4.93. The zero-order valence-electron chi connectivity index (χ0n) is 11.5. The number of hydrogen-bond acceptors (Lipinski definition) is 5. The largest absolute Gasteiger partial charge is 0.384 e. The maximum atomic E-state index is 12.0. The second-order valence-corrected chi connectivity index (χ2v) is 5.13. The van der Waals surface area contributed by atoms with Crippen molar-refractivity contribution in [2.45, 2.75) is 13.5 Å². The van der Waals surface area contributed by atoms with E-state index in [0.717, 1.165) is 6.54 Å². The molecule has 1 atom stereocenters. The molecule has 1 heterocycles. The maximum Gasteiger partial charge on any atom is 0.283 e. The van der Waals surface area contributed by atoms with E-state index >= 15 is 0 Å². The van der Waals surface area contributed by atoms with E-state index in [4.69, 9.17) is 9.47 Å². The molecular formula is C12H20BrN3O3. The van der Waals surface area contributed by atoms with E-state index in [-0.39, 0.29) is 5.56 Å². The maximum absolute atomic E-state index is 12.0. The summed E-state index contributed by atoms with van der Waals surface area (Å²) in [5.74, 6) is 0.354. The van der Waals surface area contributed by atoms with Crippen molar-refractivity contribution in [2.75, 3.05) is 39.3 Å². The number of aromatic nitrogens is 2. The predicted octanol–water partition coefficient (Wildman–Crippen LogP) is 1.35. The van der Waals surface area contributed by atoms with E-state index in [0.29, 0.717) is 35.8 Å². The summed E-state index contributed by atoms with van der Waals surface area (Å²) in [6.45, 7) is 4.35. The Kier molecular flexibility index (Phi) is 7.04. The molecule has 1 N–H and O–H groups in total. The fourth-order valence-corrected chi connectivity index (χ4v) is 2.00. The summed E-state index contributed by atoms with van der Waals surface area (Å²) in [5.41, 5.74) is 0.531. The van der Waals surface area contributed by atoms with Gasteiger partial charge in [0.1, 0.15) is 4.47 Å². The van der Waals surface area contributed by atoms with Crippen molar-refractivity contribution >= 4 is 21.6 Å². The van der Waals surface area contributed by atoms with Gasteiger partial charge in [-0.1, -0.05) is 6.92 Å². The molecule has 0 aliphatic rings. The summed E-state index contributed by atoms with van der Waals surface area (Å²) in [5, 5.41) is 7.29. The molecule has 1 unspecified atom stereocenters. The van der Waals surface area contributed by atoms with Gasteiger partial charge in [-0.2, -0.15) is 5.10 Å². The number of anilines is 1. The lowest BCUT2D eigenvalue weighted by molar-refractivity contribution is 0.164. The minimum absolute atomic E-state index is 0.165. The summed E-state index contributed by atoms with van der Waals surface area (Å²) in [6.07, 6.45) is 1.64.